The Kier molecular flexibility index (Phi) is 2.94. The number of aromatic hydroxyl groups is 1. The summed E-state index contributed by atoms with van der Waals surface area (Å²) in [5.74, 6) is 0.711. The van der Waals surface area contributed by atoms with Crippen molar-refractivity contribution in [1.82, 2.24) is 25.7 Å². The monoisotopic (exact) mass is 302 g/mol. The molecule has 0 saturated carbocycles. The van der Waals surface area contributed by atoms with Crippen LogP contribution in [0.1, 0.15) is 0 Å². The maximum Gasteiger partial charge on any atom is 0.174 e. The zero-order valence-corrected chi connectivity index (χ0v) is 12.0. The first-order valence-electron chi connectivity index (χ1n) is 7.04. The zero-order chi connectivity index (χ0) is 15.8. The van der Waals surface area contributed by atoms with Crippen molar-refractivity contribution in [3.8, 4) is 28.5 Å². The van der Waals surface area contributed by atoms with Gasteiger partial charge in [-0.1, -0.05) is 24.3 Å². The fourth-order valence-corrected chi connectivity index (χ4v) is 2.42. The summed E-state index contributed by atoms with van der Waals surface area (Å²) in [7, 11) is 0. The lowest BCUT2D eigenvalue weighted by atomic mass is 10.1. The van der Waals surface area contributed by atoms with E-state index < -0.39 is 0 Å². The molecule has 0 spiro atoms. The number of aromatic nitrogens is 4. The number of para-hydroxylation sites is 2. The van der Waals surface area contributed by atoms with Gasteiger partial charge in [-0.05, 0) is 24.3 Å². The van der Waals surface area contributed by atoms with E-state index in [1.54, 1.807) is 18.2 Å². The molecule has 0 aliphatic carbocycles. The minimum atomic E-state index is 0.0490. The summed E-state index contributed by atoms with van der Waals surface area (Å²) in [6.45, 7) is 0. The third-order valence-electron chi connectivity index (χ3n) is 3.53. The molecule has 3 N–H and O–H groups in total. The summed E-state index contributed by atoms with van der Waals surface area (Å²) in [6, 6.07) is 14.4. The lowest BCUT2D eigenvalue weighted by Gasteiger charge is -2.05. The molecule has 1 radical (unpaired) electrons. The highest BCUT2D eigenvalue weighted by Crippen LogP contribution is 2.27. The van der Waals surface area contributed by atoms with Gasteiger partial charge in [-0.3, -0.25) is 5.73 Å². The second kappa shape index (κ2) is 5.10. The lowest BCUT2D eigenvalue weighted by Crippen LogP contribution is -1.94. The average molecular weight is 302 g/mol. The first-order chi connectivity index (χ1) is 11.2. The van der Waals surface area contributed by atoms with Crippen molar-refractivity contribution in [1.29, 1.82) is 0 Å². The van der Waals surface area contributed by atoms with Gasteiger partial charge in [-0.25, -0.2) is 15.0 Å². The number of phenolic OH excluding ortho intramolecular Hbond substituents is 1. The average Bonchev–Trinajstić information content (AvgIpc) is 2.99. The molecule has 4 rings (SSSR count). The molecule has 2 heterocycles. The fourth-order valence-electron chi connectivity index (χ4n) is 2.42. The molecule has 2 aromatic heterocycles. The van der Waals surface area contributed by atoms with Crippen LogP contribution in [0.5, 0.6) is 5.75 Å². The van der Waals surface area contributed by atoms with Crippen molar-refractivity contribution in [3.05, 3.63) is 54.7 Å². The Bertz CT molecular complexity index is 976. The first kappa shape index (κ1) is 13.3. The van der Waals surface area contributed by atoms with Crippen molar-refractivity contribution < 1.29 is 5.11 Å². The van der Waals surface area contributed by atoms with Crippen molar-refractivity contribution in [2.24, 2.45) is 0 Å². The maximum atomic E-state index is 9.61. The highest BCUT2D eigenvalue weighted by molar-refractivity contribution is 5.80. The number of fused-ring (bicyclic) bond motifs is 1. The summed E-state index contributed by atoms with van der Waals surface area (Å²) in [5, 5.41) is 9.61. The van der Waals surface area contributed by atoms with E-state index in [2.05, 4.69) is 19.9 Å². The minimum Gasteiger partial charge on any atom is -0.508 e. The zero-order valence-electron chi connectivity index (χ0n) is 12.0. The van der Waals surface area contributed by atoms with E-state index in [9.17, 15) is 5.11 Å². The van der Waals surface area contributed by atoms with Crippen LogP contribution in [0.4, 0.5) is 5.82 Å². The van der Waals surface area contributed by atoms with E-state index in [0.717, 1.165) is 16.6 Å². The number of nitrogens with zero attached hydrogens (tertiary/aromatic N) is 3. The number of benzene rings is 2. The van der Waals surface area contributed by atoms with Crippen LogP contribution < -0.4 is 5.73 Å². The van der Waals surface area contributed by atoms with E-state index in [4.69, 9.17) is 5.73 Å². The highest BCUT2D eigenvalue weighted by Gasteiger charge is 2.13. The maximum absolute atomic E-state index is 9.61. The van der Waals surface area contributed by atoms with Gasteiger partial charge in [0.2, 0.25) is 0 Å². The topological polar surface area (TPSA) is 98.5 Å². The van der Waals surface area contributed by atoms with Crippen molar-refractivity contribution in [2.75, 3.05) is 0 Å². The Morgan fingerprint density at radius 3 is 2.70 bits per heavy atom. The summed E-state index contributed by atoms with van der Waals surface area (Å²) in [5.41, 5.74) is 11.4. The van der Waals surface area contributed by atoms with Gasteiger partial charge < -0.3 is 10.1 Å². The Morgan fingerprint density at radius 2 is 1.87 bits per heavy atom. The molecule has 23 heavy (non-hydrogen) atoms. The molecule has 0 unspecified atom stereocenters. The molecule has 4 aromatic rings. The van der Waals surface area contributed by atoms with E-state index in [-0.39, 0.29) is 11.6 Å². The number of nitrogens with one attached hydrogen (secondary N) is 2. The van der Waals surface area contributed by atoms with Gasteiger partial charge in [-0.15, -0.1) is 0 Å². The number of aromatic amines is 1. The summed E-state index contributed by atoms with van der Waals surface area (Å²) in [6.07, 6.45) is 1.52. The summed E-state index contributed by atoms with van der Waals surface area (Å²) >= 11 is 0. The second-order valence-corrected chi connectivity index (χ2v) is 5.11. The van der Waals surface area contributed by atoms with E-state index >= 15 is 0 Å². The summed E-state index contributed by atoms with van der Waals surface area (Å²) < 4.78 is 0. The van der Waals surface area contributed by atoms with Crippen molar-refractivity contribution in [3.63, 3.8) is 0 Å². The Hall–Kier alpha value is -3.41. The molecular weight excluding hydrogens is 290 g/mol. The minimum absolute atomic E-state index is 0.0490. The molecule has 0 aliphatic heterocycles. The summed E-state index contributed by atoms with van der Waals surface area (Å²) in [4.78, 5) is 16.2. The number of hydrogen-bond donors (Lipinski definition) is 2. The Labute approximate surface area is 131 Å². The van der Waals surface area contributed by atoms with Gasteiger partial charge in [0.05, 0.1) is 22.9 Å². The highest BCUT2D eigenvalue weighted by atomic mass is 16.3. The smallest absolute Gasteiger partial charge is 0.174 e. The number of phenols is 1. The molecule has 111 valence electrons. The molecule has 0 atom stereocenters. The van der Waals surface area contributed by atoms with Crippen LogP contribution in [-0.4, -0.2) is 25.0 Å². The van der Waals surface area contributed by atoms with E-state index in [1.807, 2.05) is 30.3 Å². The third-order valence-corrected chi connectivity index (χ3v) is 3.53. The third kappa shape index (κ3) is 2.36. The standard InChI is InChI=1S/C17H12N5O/c18-16-15(17-21-12-6-1-2-7-13(12)22-17)20-14(9-19-16)10-4-3-5-11(23)8-10/h1-9,18,23H,(H,21,22). The number of hydrogen-bond acceptors (Lipinski definition) is 4. The number of imidazole rings is 1. The molecule has 0 bridgehead atoms. The van der Waals surface area contributed by atoms with Crippen LogP contribution in [0.25, 0.3) is 33.8 Å². The van der Waals surface area contributed by atoms with Gasteiger partial charge in [0.1, 0.15) is 5.75 Å². The van der Waals surface area contributed by atoms with Gasteiger partial charge in [0.25, 0.3) is 0 Å². The normalized spacial score (nSPS) is 11.0. The fraction of sp³-hybridized carbons (Fsp3) is 0. The van der Waals surface area contributed by atoms with Crippen LogP contribution in [0.2, 0.25) is 0 Å². The molecule has 2 aromatic carbocycles. The Morgan fingerprint density at radius 1 is 1.00 bits per heavy atom. The molecule has 6 heteroatoms. The first-order valence-corrected chi connectivity index (χ1v) is 7.04. The molecule has 0 saturated heterocycles. The SMILES string of the molecule is [NH]c1ncc(-c2cccc(O)c2)nc1-c1nc2ccccc2[nH]1. The molecular formula is C17H12N5O. The predicted molar refractivity (Wildman–Crippen MR) is 87.0 cm³/mol. The van der Waals surface area contributed by atoms with Crippen molar-refractivity contribution >= 4 is 16.9 Å². The molecule has 0 fully saturated rings. The predicted octanol–water partition coefficient (Wildman–Crippen LogP) is 3.31. The van der Waals surface area contributed by atoms with E-state index in [1.165, 1.54) is 6.20 Å². The molecule has 0 aliphatic rings. The van der Waals surface area contributed by atoms with E-state index in [0.29, 0.717) is 17.2 Å². The van der Waals surface area contributed by atoms with Gasteiger partial charge in [0, 0.05) is 5.56 Å². The molecule has 0 amide bonds. The second-order valence-electron chi connectivity index (χ2n) is 5.11. The van der Waals surface area contributed by atoms with Crippen LogP contribution in [0, 0.1) is 0 Å². The van der Waals surface area contributed by atoms with Crippen LogP contribution in [0.15, 0.2) is 54.7 Å². The molecule has 6 nitrogen and oxygen atoms in total. The number of rotatable bonds is 2. The van der Waals surface area contributed by atoms with Crippen LogP contribution in [-0.2, 0) is 0 Å². The largest absolute Gasteiger partial charge is 0.508 e. The van der Waals surface area contributed by atoms with Gasteiger partial charge >= 0.3 is 0 Å². The quantitative estimate of drug-likeness (QED) is 0.593. The van der Waals surface area contributed by atoms with Gasteiger partial charge in [-0.2, -0.15) is 0 Å². The van der Waals surface area contributed by atoms with Gasteiger partial charge in [0.15, 0.2) is 17.3 Å². The lowest BCUT2D eigenvalue weighted by molar-refractivity contribution is 0.475. The van der Waals surface area contributed by atoms with Crippen LogP contribution in [0.3, 0.4) is 0 Å². The number of H-pyrrole nitrogens is 1. The van der Waals surface area contributed by atoms with Crippen molar-refractivity contribution in [2.45, 2.75) is 0 Å². The van der Waals surface area contributed by atoms with Crippen LogP contribution >= 0.6 is 0 Å². The Balaban J connectivity index is 1.86.